The van der Waals surface area contributed by atoms with Gasteiger partial charge in [-0.15, -0.1) is 35.1 Å². The Hall–Kier alpha value is -2.45. The first-order chi connectivity index (χ1) is 16.0. The van der Waals surface area contributed by atoms with Crippen molar-refractivity contribution in [3.8, 4) is 11.3 Å². The molecular weight excluding hydrogens is 657 g/mol. The van der Waals surface area contributed by atoms with Crippen LogP contribution in [-0.2, 0) is 31.3 Å². The van der Waals surface area contributed by atoms with Gasteiger partial charge in [0.15, 0.2) is 5.78 Å². The molecule has 0 aliphatic heterocycles. The van der Waals surface area contributed by atoms with Crippen molar-refractivity contribution in [2.75, 3.05) is 0 Å². The molecule has 0 unspecified atom stereocenters. The van der Waals surface area contributed by atoms with Crippen molar-refractivity contribution in [2.45, 2.75) is 48.0 Å². The Morgan fingerprint density at radius 3 is 2.57 bits per heavy atom. The molecule has 4 aromatic heterocycles. The van der Waals surface area contributed by atoms with Crippen LogP contribution in [-0.4, -0.2) is 30.5 Å². The Labute approximate surface area is 226 Å². The maximum Gasteiger partial charge on any atom is 0.155 e. The van der Waals surface area contributed by atoms with E-state index >= 15 is 0 Å². The minimum atomic E-state index is -0.125. The second-order valence-corrected chi connectivity index (χ2v) is 11.7. The number of fused-ring (bicyclic) bond motifs is 4. The largest absolute Gasteiger partial charge is 0.512 e. The van der Waals surface area contributed by atoms with Crippen LogP contribution in [0.2, 0.25) is 0 Å². The second-order valence-electron chi connectivity index (χ2n) is 9.45. The van der Waals surface area contributed by atoms with Crippen molar-refractivity contribution in [3.05, 3.63) is 59.1 Å². The molecule has 0 bridgehead atoms. The van der Waals surface area contributed by atoms with E-state index in [0.29, 0.717) is 0 Å². The molecule has 0 fully saturated rings. The van der Waals surface area contributed by atoms with Gasteiger partial charge < -0.3 is 10.1 Å². The molecule has 1 aromatic carbocycles. The number of rotatable bonds is 3. The molecule has 0 saturated heterocycles. The molecule has 6 nitrogen and oxygen atoms in total. The molecule has 0 spiro atoms. The molecule has 35 heavy (non-hydrogen) atoms. The number of hydrogen-bond acceptors (Lipinski definition) is 7. The smallest absolute Gasteiger partial charge is 0.155 e. The summed E-state index contributed by atoms with van der Waals surface area (Å²) in [7, 11) is 0. The van der Waals surface area contributed by atoms with Crippen LogP contribution < -0.4 is 0 Å². The molecule has 5 rings (SSSR count). The topological polar surface area (TPSA) is 80.4 Å². The van der Waals surface area contributed by atoms with Crippen molar-refractivity contribution >= 4 is 53.7 Å². The maximum absolute atomic E-state index is 10.0. The number of nitrogens with zero attached hydrogens (tertiary/aromatic N) is 4. The summed E-state index contributed by atoms with van der Waals surface area (Å²) >= 11 is 3.47. The summed E-state index contributed by atoms with van der Waals surface area (Å²) in [5.41, 5.74) is 5.48. The van der Waals surface area contributed by atoms with Gasteiger partial charge in [-0.3, -0.25) is 9.78 Å². The van der Waals surface area contributed by atoms with Crippen LogP contribution in [0.5, 0.6) is 0 Å². The molecule has 0 amide bonds. The monoisotopic (exact) mass is 684 g/mol. The zero-order valence-electron chi connectivity index (χ0n) is 20.5. The van der Waals surface area contributed by atoms with E-state index in [1.807, 2.05) is 25.4 Å². The zero-order chi connectivity index (χ0) is 24.6. The maximum atomic E-state index is 10.0. The quantitative estimate of drug-likeness (QED) is 0.127. The number of allylic oxidation sites excluding steroid dienone is 2. The number of carbonyl (C=O) groups is 1. The minimum absolute atomic E-state index is 0. The fourth-order valence-electron chi connectivity index (χ4n) is 3.74. The number of thiazole rings is 2. The van der Waals surface area contributed by atoms with Gasteiger partial charge in [-0.1, -0.05) is 20.8 Å². The second kappa shape index (κ2) is 10.7. The van der Waals surface area contributed by atoms with Crippen molar-refractivity contribution < 1.29 is 30.0 Å². The Kier molecular flexibility index (Phi) is 8.27. The van der Waals surface area contributed by atoms with Crippen molar-refractivity contribution in [1.82, 2.24) is 19.6 Å². The van der Waals surface area contributed by atoms with Gasteiger partial charge in [0.25, 0.3) is 0 Å². The van der Waals surface area contributed by atoms with E-state index in [-0.39, 0.29) is 37.1 Å². The standard InChI is InChI=1S/C21H19N4S2.C5H8O2.Ir/c1-12-24-15-9-13(5-6-17(15)26-12)18-19-16(7-8-22-18)25-20(27-19)14(11-23-25)10-21(2,3)4;1-4(6)3-5(2)7;/h5-8,11H,10H2,1-4H3;3,6H,1-2H3;/q-1;;/b;4-3-;. The Balaban J connectivity index is 0.000000378. The molecule has 4 heterocycles. The van der Waals surface area contributed by atoms with Gasteiger partial charge in [-0.2, -0.15) is 16.4 Å². The third-order valence-electron chi connectivity index (χ3n) is 4.91. The molecule has 0 aliphatic carbocycles. The average molecular weight is 684 g/mol. The number of ketones is 1. The predicted molar refractivity (Wildman–Crippen MR) is 141 cm³/mol. The van der Waals surface area contributed by atoms with Crippen LogP contribution in [0.1, 0.15) is 45.2 Å². The molecule has 1 radical (unpaired) electrons. The van der Waals surface area contributed by atoms with E-state index < -0.39 is 0 Å². The molecule has 0 saturated carbocycles. The number of aromatic nitrogens is 4. The van der Waals surface area contributed by atoms with Crippen LogP contribution in [0.25, 0.3) is 36.5 Å². The third kappa shape index (κ3) is 6.22. The molecule has 0 atom stereocenters. The summed E-state index contributed by atoms with van der Waals surface area (Å²) in [6, 6.07) is 9.72. The number of benzene rings is 1. The number of carbonyl (C=O) groups excluding carboxylic acids is 1. The first-order valence-electron chi connectivity index (χ1n) is 10.9. The van der Waals surface area contributed by atoms with Crippen LogP contribution in [0, 0.1) is 18.4 Å². The summed E-state index contributed by atoms with van der Waals surface area (Å²) in [6.45, 7) is 11.7. The van der Waals surface area contributed by atoms with Crippen LogP contribution in [0.4, 0.5) is 0 Å². The fourth-order valence-corrected chi connectivity index (χ4v) is 5.73. The fraction of sp³-hybridized carbons (Fsp3) is 0.308. The summed E-state index contributed by atoms with van der Waals surface area (Å²) in [6.07, 6.45) is 6.04. The van der Waals surface area contributed by atoms with Crippen LogP contribution >= 0.6 is 22.7 Å². The van der Waals surface area contributed by atoms with E-state index in [0.717, 1.165) is 43.1 Å². The molecule has 1 N–H and O–H groups in total. The number of hydrogen-bond donors (Lipinski definition) is 1. The first-order valence-corrected chi connectivity index (χ1v) is 12.6. The van der Waals surface area contributed by atoms with E-state index in [1.54, 1.807) is 22.7 Å². The van der Waals surface area contributed by atoms with E-state index in [2.05, 4.69) is 58.6 Å². The predicted octanol–water partition coefficient (Wildman–Crippen LogP) is 6.95. The van der Waals surface area contributed by atoms with Crippen LogP contribution in [0.3, 0.4) is 0 Å². The van der Waals surface area contributed by atoms with Gasteiger partial charge in [0.1, 0.15) is 4.83 Å². The zero-order valence-corrected chi connectivity index (χ0v) is 24.5. The summed E-state index contributed by atoms with van der Waals surface area (Å²) in [5.74, 6) is -0.0625. The van der Waals surface area contributed by atoms with Crippen molar-refractivity contribution in [2.24, 2.45) is 5.41 Å². The Morgan fingerprint density at radius 1 is 1.20 bits per heavy atom. The van der Waals surface area contributed by atoms with Gasteiger partial charge in [0, 0.05) is 48.3 Å². The molecule has 185 valence electrons. The van der Waals surface area contributed by atoms with Gasteiger partial charge in [0.2, 0.25) is 0 Å². The third-order valence-corrected chi connectivity index (χ3v) is 7.08. The molecule has 9 heteroatoms. The van der Waals surface area contributed by atoms with Gasteiger partial charge in [-0.25, -0.2) is 4.52 Å². The normalized spacial score (nSPS) is 12.0. The molecular formula is C26H27IrN4O2S2-. The number of aryl methyl sites for hydroxylation is 1. The average Bonchev–Trinajstić information content (AvgIpc) is 3.39. The SMILES string of the molecule is CC(=O)/C=C(/C)O.Cc1nc2[c-]c(-c3nccc4c3sc3c(CC(C)(C)C)cnn34)ccc2s1.[Ir]. The summed E-state index contributed by atoms with van der Waals surface area (Å²) < 4.78 is 4.37. The van der Waals surface area contributed by atoms with Crippen molar-refractivity contribution in [1.29, 1.82) is 0 Å². The Bertz CT molecular complexity index is 1540. The van der Waals surface area contributed by atoms with Gasteiger partial charge >= 0.3 is 0 Å². The van der Waals surface area contributed by atoms with Gasteiger partial charge in [0.05, 0.1) is 22.5 Å². The molecule has 0 aliphatic rings. The Morgan fingerprint density at radius 2 is 1.94 bits per heavy atom. The van der Waals surface area contributed by atoms with Crippen molar-refractivity contribution in [3.63, 3.8) is 0 Å². The van der Waals surface area contributed by atoms with Crippen LogP contribution in [0.15, 0.2) is 42.4 Å². The summed E-state index contributed by atoms with van der Waals surface area (Å²) in [4.78, 5) is 20.5. The van der Waals surface area contributed by atoms with E-state index in [1.165, 1.54) is 30.3 Å². The first kappa shape index (κ1) is 27.1. The van der Waals surface area contributed by atoms with E-state index in [4.69, 9.17) is 5.11 Å². The number of aliphatic hydroxyl groups is 1. The van der Waals surface area contributed by atoms with Gasteiger partial charge in [-0.05, 0) is 48.9 Å². The summed E-state index contributed by atoms with van der Waals surface area (Å²) in [5, 5.41) is 14.1. The van der Waals surface area contributed by atoms with E-state index in [9.17, 15) is 4.79 Å². The number of aliphatic hydroxyl groups excluding tert-OH is 1. The number of pyridine rings is 1. The minimum Gasteiger partial charge on any atom is -0.512 e. The molecule has 5 aromatic rings.